The van der Waals surface area contributed by atoms with Crippen molar-refractivity contribution in [3.8, 4) is 0 Å². The minimum atomic E-state index is -3.75. The molecule has 0 unspecified atom stereocenters. The number of fused-ring (bicyclic) bond motifs is 1. The average molecular weight is 444 g/mol. The van der Waals surface area contributed by atoms with Crippen molar-refractivity contribution < 1.29 is 27.1 Å². The van der Waals surface area contributed by atoms with Gasteiger partial charge in [0.2, 0.25) is 15.9 Å². The molecule has 0 saturated carbocycles. The van der Waals surface area contributed by atoms with Gasteiger partial charge in [-0.1, -0.05) is 18.2 Å². The Hall–Kier alpha value is -3.04. The van der Waals surface area contributed by atoms with Crippen LogP contribution in [0.4, 0.5) is 4.39 Å². The molecule has 31 heavy (non-hydrogen) atoms. The Morgan fingerprint density at radius 1 is 1.03 bits per heavy atom. The number of hydrogen-bond acceptors (Lipinski definition) is 5. The largest absolute Gasteiger partial charge is 0.465 e. The van der Waals surface area contributed by atoms with E-state index in [1.165, 1.54) is 34.3 Å². The van der Waals surface area contributed by atoms with E-state index in [0.29, 0.717) is 29.3 Å². The number of methoxy groups -OCH3 is 1. The topological polar surface area (TPSA) is 85.7 Å². The Bertz CT molecular complexity index is 1240. The lowest BCUT2D eigenvalue weighted by atomic mass is 9.97. The number of halogens is 1. The summed E-state index contributed by atoms with van der Waals surface area (Å²) < 4.78 is 46.3. The number of nitrogens with zero attached hydrogens (tertiary/aromatic N) is 2. The van der Waals surface area contributed by atoms with E-state index in [0.717, 1.165) is 12.1 Å². The second-order valence-electron chi connectivity index (χ2n) is 7.39. The van der Waals surface area contributed by atoms with E-state index in [4.69, 9.17) is 4.74 Å². The highest BCUT2D eigenvalue weighted by Gasteiger charge is 2.33. The van der Waals surface area contributed by atoms with E-state index >= 15 is 0 Å². The number of piperidine rings is 1. The third-order valence-electron chi connectivity index (χ3n) is 5.61. The summed E-state index contributed by atoms with van der Waals surface area (Å²) in [5.74, 6) is -1.61. The fraction of sp³-hybridized carbons (Fsp3) is 0.273. The van der Waals surface area contributed by atoms with Crippen LogP contribution in [-0.4, -0.2) is 49.4 Å². The first-order chi connectivity index (χ1) is 14.8. The minimum Gasteiger partial charge on any atom is -0.465 e. The van der Waals surface area contributed by atoms with Gasteiger partial charge in [0.15, 0.2) is 0 Å². The molecular weight excluding hydrogens is 423 g/mol. The first-order valence-corrected chi connectivity index (χ1v) is 11.3. The number of hydrogen-bond donors (Lipinski definition) is 0. The number of carbonyl (C=O) groups is 2. The van der Waals surface area contributed by atoms with Crippen LogP contribution in [0.5, 0.6) is 0 Å². The lowest BCUT2D eigenvalue weighted by Gasteiger charge is -2.30. The highest BCUT2D eigenvalue weighted by Crippen LogP contribution is 2.28. The summed E-state index contributed by atoms with van der Waals surface area (Å²) in [6.07, 6.45) is 2.18. The molecule has 9 heteroatoms. The minimum absolute atomic E-state index is 0.0257. The molecular formula is C22H21FN2O5S. The lowest BCUT2D eigenvalue weighted by Crippen LogP contribution is -2.41. The molecule has 2 heterocycles. The van der Waals surface area contributed by atoms with Crippen LogP contribution in [0.3, 0.4) is 0 Å². The Morgan fingerprint density at radius 2 is 1.68 bits per heavy atom. The number of para-hydroxylation sites is 1. The van der Waals surface area contributed by atoms with Crippen molar-refractivity contribution >= 4 is 32.8 Å². The van der Waals surface area contributed by atoms with Crippen molar-refractivity contribution in [2.75, 3.05) is 20.2 Å². The van der Waals surface area contributed by atoms with Crippen LogP contribution in [0.25, 0.3) is 10.9 Å². The number of benzene rings is 2. The highest BCUT2D eigenvalue weighted by atomic mass is 32.2. The zero-order valence-corrected chi connectivity index (χ0v) is 17.6. The van der Waals surface area contributed by atoms with Crippen molar-refractivity contribution in [1.82, 2.24) is 8.87 Å². The summed E-state index contributed by atoms with van der Waals surface area (Å²) in [6, 6.07) is 11.8. The van der Waals surface area contributed by atoms with Crippen molar-refractivity contribution in [2.24, 2.45) is 5.92 Å². The molecule has 2 aromatic carbocycles. The van der Waals surface area contributed by atoms with E-state index in [-0.39, 0.29) is 29.8 Å². The van der Waals surface area contributed by atoms with Crippen molar-refractivity contribution in [1.29, 1.82) is 0 Å². The predicted octanol–water partition coefficient (Wildman–Crippen LogP) is 3.31. The zero-order valence-electron chi connectivity index (χ0n) is 16.8. The maximum Gasteiger partial charge on any atom is 0.340 e. The molecule has 0 bridgehead atoms. The molecule has 1 aliphatic heterocycles. The molecule has 0 N–H and O–H groups in total. The second kappa shape index (κ2) is 8.24. The zero-order chi connectivity index (χ0) is 22.2. The summed E-state index contributed by atoms with van der Waals surface area (Å²) in [5.41, 5.74) is 0.914. The maximum absolute atomic E-state index is 13.2. The molecule has 162 valence electrons. The van der Waals surface area contributed by atoms with Gasteiger partial charge in [0, 0.05) is 30.6 Å². The molecule has 0 atom stereocenters. The normalized spacial score (nSPS) is 15.8. The Labute approximate surface area is 179 Å². The van der Waals surface area contributed by atoms with Gasteiger partial charge in [0.05, 0.1) is 23.1 Å². The molecule has 4 rings (SSSR count). The average Bonchev–Trinajstić information content (AvgIpc) is 3.18. The van der Waals surface area contributed by atoms with Gasteiger partial charge in [0.25, 0.3) is 0 Å². The fourth-order valence-corrected chi connectivity index (χ4v) is 5.40. The van der Waals surface area contributed by atoms with E-state index < -0.39 is 21.8 Å². The Balaban J connectivity index is 1.54. The number of aromatic nitrogens is 1. The van der Waals surface area contributed by atoms with Crippen LogP contribution in [0.15, 0.2) is 59.6 Å². The molecule has 3 aromatic rings. The van der Waals surface area contributed by atoms with Gasteiger partial charge in [-0.3, -0.25) is 9.36 Å². The number of carbonyl (C=O) groups excluding carboxylic acids is 2. The van der Waals surface area contributed by atoms with Crippen LogP contribution >= 0.6 is 0 Å². The molecule has 1 aliphatic rings. The van der Waals surface area contributed by atoms with E-state index in [2.05, 4.69) is 0 Å². The summed E-state index contributed by atoms with van der Waals surface area (Å²) in [7, 11) is -2.47. The van der Waals surface area contributed by atoms with Gasteiger partial charge in [0.1, 0.15) is 5.82 Å². The van der Waals surface area contributed by atoms with Crippen LogP contribution < -0.4 is 0 Å². The molecule has 1 saturated heterocycles. The monoisotopic (exact) mass is 444 g/mol. The van der Waals surface area contributed by atoms with Crippen molar-refractivity contribution in [3.63, 3.8) is 0 Å². The molecule has 0 spiro atoms. The van der Waals surface area contributed by atoms with Crippen molar-refractivity contribution in [3.05, 3.63) is 66.1 Å². The molecule has 0 amide bonds. The van der Waals surface area contributed by atoms with Gasteiger partial charge < -0.3 is 4.74 Å². The smallest absolute Gasteiger partial charge is 0.340 e. The summed E-state index contributed by atoms with van der Waals surface area (Å²) in [4.78, 5) is 25.3. The first kappa shape index (κ1) is 21.2. The number of rotatable bonds is 4. The third kappa shape index (κ3) is 3.86. The van der Waals surface area contributed by atoms with Gasteiger partial charge in [-0.25, -0.2) is 17.6 Å². The molecule has 1 aromatic heterocycles. The second-order valence-corrected chi connectivity index (χ2v) is 9.33. The van der Waals surface area contributed by atoms with Gasteiger partial charge in [-0.15, -0.1) is 0 Å². The van der Waals surface area contributed by atoms with Crippen LogP contribution in [0.2, 0.25) is 0 Å². The van der Waals surface area contributed by atoms with Crippen LogP contribution in [0, 0.1) is 11.7 Å². The number of sulfonamides is 1. The van der Waals surface area contributed by atoms with Crippen LogP contribution in [0.1, 0.15) is 28.0 Å². The first-order valence-electron chi connectivity index (χ1n) is 9.81. The number of esters is 1. The fourth-order valence-electron chi connectivity index (χ4n) is 3.93. The summed E-state index contributed by atoms with van der Waals surface area (Å²) >= 11 is 0. The van der Waals surface area contributed by atoms with Crippen LogP contribution in [-0.2, 0) is 14.8 Å². The summed E-state index contributed by atoms with van der Waals surface area (Å²) in [6.45, 7) is 0.359. The third-order valence-corrected chi connectivity index (χ3v) is 7.52. The van der Waals surface area contributed by atoms with Gasteiger partial charge >= 0.3 is 5.97 Å². The SMILES string of the molecule is COC(=O)c1cn(C(=O)C2CCN(S(=O)(=O)c3ccc(F)cc3)CC2)c2ccccc12. The quantitative estimate of drug-likeness (QED) is 0.577. The standard InChI is InChI=1S/C22H21FN2O5S/c1-30-22(27)19-14-25(20-5-3-2-4-18(19)20)21(26)15-10-12-24(13-11-15)31(28,29)17-8-6-16(23)7-9-17/h2-9,14-15H,10-13H2,1H3. The molecule has 0 aliphatic carbocycles. The highest BCUT2D eigenvalue weighted by molar-refractivity contribution is 7.89. The summed E-state index contributed by atoms with van der Waals surface area (Å²) in [5, 5.41) is 0.624. The molecule has 1 fully saturated rings. The molecule has 0 radical (unpaired) electrons. The molecule has 7 nitrogen and oxygen atoms in total. The lowest BCUT2D eigenvalue weighted by molar-refractivity contribution is 0.0603. The predicted molar refractivity (Wildman–Crippen MR) is 112 cm³/mol. The van der Waals surface area contributed by atoms with E-state index in [9.17, 15) is 22.4 Å². The maximum atomic E-state index is 13.2. The Kier molecular flexibility index (Phi) is 5.63. The number of ether oxygens (including phenoxy) is 1. The Morgan fingerprint density at radius 3 is 2.32 bits per heavy atom. The van der Waals surface area contributed by atoms with Gasteiger partial charge in [-0.05, 0) is 43.2 Å². The van der Waals surface area contributed by atoms with E-state index in [1.807, 2.05) is 0 Å². The van der Waals surface area contributed by atoms with E-state index in [1.54, 1.807) is 24.3 Å². The van der Waals surface area contributed by atoms with Gasteiger partial charge in [-0.2, -0.15) is 4.31 Å². The van der Waals surface area contributed by atoms with Crippen molar-refractivity contribution in [2.45, 2.75) is 17.7 Å².